The summed E-state index contributed by atoms with van der Waals surface area (Å²) in [5, 5.41) is 13.8. The highest BCUT2D eigenvalue weighted by Crippen LogP contribution is 2.27. The quantitative estimate of drug-likeness (QED) is 0.663. The zero-order valence-electron chi connectivity index (χ0n) is 10.5. The predicted octanol–water partition coefficient (Wildman–Crippen LogP) is 3.37. The molecule has 0 atom stereocenters. The van der Waals surface area contributed by atoms with Crippen LogP contribution < -0.4 is 10.1 Å². The Bertz CT molecular complexity index is 636. The van der Waals surface area contributed by atoms with Crippen LogP contribution in [0, 0.1) is 10.1 Å². The van der Waals surface area contributed by atoms with E-state index in [4.69, 9.17) is 4.74 Å². The van der Waals surface area contributed by atoms with Crippen LogP contribution in [0.2, 0.25) is 0 Å². The van der Waals surface area contributed by atoms with Crippen molar-refractivity contribution in [3.63, 3.8) is 0 Å². The number of hydrogen-bond donors (Lipinski definition) is 1. The van der Waals surface area contributed by atoms with E-state index in [1.165, 1.54) is 18.3 Å². The van der Waals surface area contributed by atoms with E-state index in [2.05, 4.69) is 31.2 Å². The minimum atomic E-state index is -0.492. The minimum Gasteiger partial charge on any atom is -0.437 e. The van der Waals surface area contributed by atoms with Crippen LogP contribution in [0.15, 0.2) is 35.1 Å². The van der Waals surface area contributed by atoms with E-state index < -0.39 is 4.92 Å². The summed E-state index contributed by atoms with van der Waals surface area (Å²) in [5.74, 6) is 0.963. The van der Waals surface area contributed by atoms with Gasteiger partial charge in [-0.25, -0.2) is 0 Å². The van der Waals surface area contributed by atoms with Gasteiger partial charge >= 0.3 is 0 Å². The lowest BCUT2D eigenvalue weighted by atomic mass is 10.4. The summed E-state index contributed by atoms with van der Waals surface area (Å²) in [6.45, 7) is 2.48. The number of rotatable bonds is 5. The molecule has 0 spiro atoms. The summed E-state index contributed by atoms with van der Waals surface area (Å²) < 4.78 is 6.23. The van der Waals surface area contributed by atoms with E-state index in [1.807, 2.05) is 6.92 Å². The largest absolute Gasteiger partial charge is 0.437 e. The van der Waals surface area contributed by atoms with Crippen LogP contribution in [0.25, 0.3) is 0 Å². The van der Waals surface area contributed by atoms with E-state index in [1.54, 1.807) is 12.3 Å². The first-order valence-electron chi connectivity index (χ1n) is 5.77. The van der Waals surface area contributed by atoms with E-state index in [-0.39, 0.29) is 11.6 Å². The summed E-state index contributed by atoms with van der Waals surface area (Å²) in [5.41, 5.74) is -0.0890. The standard InChI is InChI=1S/C12H11BrN4O3/c1-2-15-11-4-9(17(18)19)5-12(16-11)20-10-3-8(13)6-14-7-10/h3-7H,2H2,1H3,(H,15,16). The van der Waals surface area contributed by atoms with E-state index in [0.29, 0.717) is 18.1 Å². The van der Waals surface area contributed by atoms with Crippen molar-refractivity contribution < 1.29 is 9.66 Å². The van der Waals surface area contributed by atoms with Gasteiger partial charge in [-0.15, -0.1) is 0 Å². The molecule has 0 aliphatic heterocycles. The molecular formula is C12H11BrN4O3. The van der Waals surface area contributed by atoms with Crippen molar-refractivity contribution in [3.05, 3.63) is 45.2 Å². The normalized spacial score (nSPS) is 10.1. The Hall–Kier alpha value is -2.22. The van der Waals surface area contributed by atoms with Crippen LogP contribution in [0.1, 0.15) is 6.92 Å². The molecule has 0 aliphatic carbocycles. The molecule has 20 heavy (non-hydrogen) atoms. The zero-order valence-corrected chi connectivity index (χ0v) is 12.1. The van der Waals surface area contributed by atoms with Gasteiger partial charge in [-0.2, -0.15) is 4.98 Å². The molecule has 2 aromatic heterocycles. The smallest absolute Gasteiger partial charge is 0.278 e. The van der Waals surface area contributed by atoms with Crippen LogP contribution in [0.3, 0.4) is 0 Å². The molecule has 0 saturated heterocycles. The Balaban J connectivity index is 2.32. The van der Waals surface area contributed by atoms with E-state index >= 15 is 0 Å². The number of nitro groups is 1. The number of nitrogens with one attached hydrogen (secondary N) is 1. The average Bonchev–Trinajstić information content (AvgIpc) is 2.38. The molecule has 0 aliphatic rings. The Morgan fingerprint density at radius 2 is 2.20 bits per heavy atom. The van der Waals surface area contributed by atoms with E-state index in [9.17, 15) is 10.1 Å². The Labute approximate surface area is 123 Å². The first-order chi connectivity index (χ1) is 9.58. The highest BCUT2D eigenvalue weighted by Gasteiger charge is 2.12. The van der Waals surface area contributed by atoms with Crippen molar-refractivity contribution >= 4 is 27.4 Å². The maximum atomic E-state index is 10.9. The second kappa shape index (κ2) is 6.29. The Morgan fingerprint density at radius 3 is 2.85 bits per heavy atom. The summed E-state index contributed by atoms with van der Waals surface area (Å²) in [7, 11) is 0. The minimum absolute atomic E-state index is 0.0890. The van der Waals surface area contributed by atoms with Gasteiger partial charge in [0.2, 0.25) is 5.88 Å². The fourth-order valence-corrected chi connectivity index (χ4v) is 1.83. The van der Waals surface area contributed by atoms with Crippen molar-refractivity contribution in [2.24, 2.45) is 0 Å². The van der Waals surface area contributed by atoms with Crippen molar-refractivity contribution in [2.45, 2.75) is 6.92 Å². The van der Waals surface area contributed by atoms with Gasteiger partial charge in [-0.3, -0.25) is 15.1 Å². The number of nitrogens with zero attached hydrogens (tertiary/aromatic N) is 3. The van der Waals surface area contributed by atoms with Gasteiger partial charge in [-0.1, -0.05) is 0 Å². The number of anilines is 1. The second-order valence-electron chi connectivity index (χ2n) is 3.78. The second-order valence-corrected chi connectivity index (χ2v) is 4.69. The van der Waals surface area contributed by atoms with Crippen molar-refractivity contribution in [3.8, 4) is 11.6 Å². The van der Waals surface area contributed by atoms with Gasteiger partial charge in [0.05, 0.1) is 23.3 Å². The molecule has 0 aromatic carbocycles. The molecule has 0 saturated carbocycles. The number of pyridine rings is 2. The third kappa shape index (κ3) is 3.64. The summed E-state index contributed by atoms with van der Waals surface area (Å²) >= 11 is 3.27. The monoisotopic (exact) mass is 338 g/mol. The third-order valence-electron chi connectivity index (χ3n) is 2.26. The van der Waals surface area contributed by atoms with Crippen LogP contribution >= 0.6 is 15.9 Å². The van der Waals surface area contributed by atoms with Gasteiger partial charge in [0, 0.05) is 17.2 Å². The fraction of sp³-hybridized carbons (Fsp3) is 0.167. The molecule has 2 aromatic rings. The van der Waals surface area contributed by atoms with Crippen LogP contribution in [-0.2, 0) is 0 Å². The molecule has 2 heterocycles. The maximum absolute atomic E-state index is 10.9. The van der Waals surface area contributed by atoms with Gasteiger partial charge < -0.3 is 10.1 Å². The van der Waals surface area contributed by atoms with Crippen molar-refractivity contribution in [2.75, 3.05) is 11.9 Å². The summed E-state index contributed by atoms with van der Waals surface area (Å²) in [6, 6.07) is 4.32. The SMILES string of the molecule is CCNc1cc([N+](=O)[O-])cc(Oc2cncc(Br)c2)n1. The van der Waals surface area contributed by atoms with Gasteiger partial charge in [-0.05, 0) is 28.9 Å². The molecule has 0 radical (unpaired) electrons. The third-order valence-corrected chi connectivity index (χ3v) is 2.69. The molecule has 0 fully saturated rings. The summed E-state index contributed by atoms with van der Waals surface area (Å²) in [4.78, 5) is 18.5. The Morgan fingerprint density at radius 1 is 1.40 bits per heavy atom. The number of aromatic nitrogens is 2. The highest BCUT2D eigenvalue weighted by molar-refractivity contribution is 9.10. The zero-order chi connectivity index (χ0) is 14.5. The molecule has 0 amide bonds. The predicted molar refractivity (Wildman–Crippen MR) is 77.1 cm³/mol. The lowest BCUT2D eigenvalue weighted by Gasteiger charge is -2.07. The lowest BCUT2D eigenvalue weighted by Crippen LogP contribution is -2.02. The lowest BCUT2D eigenvalue weighted by molar-refractivity contribution is -0.384. The molecule has 2 rings (SSSR count). The molecule has 7 nitrogen and oxygen atoms in total. The van der Waals surface area contributed by atoms with E-state index in [0.717, 1.165) is 4.47 Å². The van der Waals surface area contributed by atoms with Crippen LogP contribution in [0.4, 0.5) is 11.5 Å². The van der Waals surface area contributed by atoms with Gasteiger partial charge in [0.1, 0.15) is 11.6 Å². The van der Waals surface area contributed by atoms with Gasteiger partial charge in [0.25, 0.3) is 5.69 Å². The van der Waals surface area contributed by atoms with Crippen molar-refractivity contribution in [1.29, 1.82) is 0 Å². The topological polar surface area (TPSA) is 90.2 Å². The number of ether oxygens (including phenoxy) is 1. The highest BCUT2D eigenvalue weighted by atomic mass is 79.9. The molecule has 104 valence electrons. The maximum Gasteiger partial charge on any atom is 0.278 e. The average molecular weight is 339 g/mol. The summed E-state index contributed by atoms with van der Waals surface area (Å²) in [6.07, 6.45) is 3.11. The van der Waals surface area contributed by atoms with Crippen LogP contribution in [0.5, 0.6) is 11.6 Å². The molecule has 0 unspecified atom stereocenters. The number of halogens is 1. The molecule has 0 bridgehead atoms. The van der Waals surface area contributed by atoms with Gasteiger partial charge in [0.15, 0.2) is 0 Å². The van der Waals surface area contributed by atoms with Crippen molar-refractivity contribution in [1.82, 2.24) is 9.97 Å². The molecule has 8 heteroatoms. The fourth-order valence-electron chi connectivity index (χ4n) is 1.49. The first-order valence-corrected chi connectivity index (χ1v) is 6.56. The number of hydrogen-bond acceptors (Lipinski definition) is 6. The first kappa shape index (κ1) is 14.2. The van der Waals surface area contributed by atoms with Crippen LogP contribution in [-0.4, -0.2) is 21.4 Å². The molecular weight excluding hydrogens is 328 g/mol. The molecule has 1 N–H and O–H groups in total. The Kier molecular flexibility index (Phi) is 4.46.